The van der Waals surface area contributed by atoms with Crippen LogP contribution >= 0.6 is 0 Å². The Kier molecular flexibility index (Phi) is 5.36. The molecule has 0 atom stereocenters. The number of nitrogens with zero attached hydrogens (tertiary/aromatic N) is 3. The zero-order valence-corrected chi connectivity index (χ0v) is 22.3. The van der Waals surface area contributed by atoms with Gasteiger partial charge in [-0.1, -0.05) is 6.07 Å². The molecule has 0 unspecified atom stereocenters. The van der Waals surface area contributed by atoms with Crippen LogP contribution in [0.25, 0.3) is 10.8 Å². The minimum atomic E-state index is -1.20. The predicted octanol–water partition coefficient (Wildman–Crippen LogP) is 4.30. The van der Waals surface area contributed by atoms with Crippen molar-refractivity contribution in [2.24, 2.45) is 0 Å². The Morgan fingerprint density at radius 2 is 1.20 bits per heavy atom. The Morgan fingerprint density at radius 1 is 0.750 bits per heavy atom. The number of piperidine rings is 1. The third kappa shape index (κ3) is 3.46. The molecular formula is C30H26N3O7. The van der Waals surface area contributed by atoms with Crippen LogP contribution in [0.1, 0.15) is 92.3 Å². The van der Waals surface area contributed by atoms with Crippen molar-refractivity contribution in [2.75, 3.05) is 4.90 Å². The average Bonchev–Trinajstić information content (AvgIpc) is 2.89. The van der Waals surface area contributed by atoms with E-state index in [4.69, 9.17) is 0 Å². The SMILES string of the molecule is CC1(C)CC(N2C(=O)c3ccc4c5c(ccc(c35)C2=O)C(=O)N(c2cccc(C(=O)O)c2)C4=O)CC(C)(C)N1[O]. The Morgan fingerprint density at radius 3 is 1.65 bits per heavy atom. The van der Waals surface area contributed by atoms with Gasteiger partial charge in [-0.2, -0.15) is 0 Å². The van der Waals surface area contributed by atoms with E-state index >= 15 is 0 Å². The first-order valence-electron chi connectivity index (χ1n) is 12.9. The highest BCUT2D eigenvalue weighted by molar-refractivity contribution is 6.39. The third-order valence-electron chi connectivity index (χ3n) is 8.21. The van der Waals surface area contributed by atoms with Gasteiger partial charge in [-0.15, -0.1) is 10.3 Å². The molecule has 1 saturated heterocycles. The second-order valence-corrected chi connectivity index (χ2v) is 11.8. The van der Waals surface area contributed by atoms with Gasteiger partial charge in [0.15, 0.2) is 0 Å². The lowest BCUT2D eigenvalue weighted by atomic mass is 9.77. The molecule has 0 saturated carbocycles. The summed E-state index contributed by atoms with van der Waals surface area (Å²) in [7, 11) is 0. The number of rotatable bonds is 3. The minimum absolute atomic E-state index is 0.0837. The maximum absolute atomic E-state index is 13.9. The molecule has 6 rings (SSSR count). The standard InChI is InChI=1S/C30H26N3O7/c1-29(2)13-17(14-30(3,4)33(29)40)32-26(36)20-10-8-18-22-19(9-11-21(23(20)22)27(32)37)25(35)31(24(18)34)16-7-5-6-15(12-16)28(38)39/h5-12,17H,13-14H2,1-4H3,(H,38,39). The van der Waals surface area contributed by atoms with Crippen molar-refractivity contribution >= 4 is 46.1 Å². The summed E-state index contributed by atoms with van der Waals surface area (Å²) in [4.78, 5) is 68.6. The first-order valence-corrected chi connectivity index (χ1v) is 12.9. The number of carbonyl (C=O) groups excluding carboxylic acids is 4. The summed E-state index contributed by atoms with van der Waals surface area (Å²) < 4.78 is 0. The zero-order chi connectivity index (χ0) is 28.9. The number of hydroxylamine groups is 2. The normalized spacial score (nSPS) is 20.4. The van der Waals surface area contributed by atoms with Gasteiger partial charge in [-0.05, 0) is 83.0 Å². The van der Waals surface area contributed by atoms with E-state index in [-0.39, 0.29) is 44.3 Å². The molecule has 0 aliphatic carbocycles. The van der Waals surface area contributed by atoms with E-state index < -0.39 is 46.7 Å². The molecule has 3 aromatic carbocycles. The van der Waals surface area contributed by atoms with E-state index in [1.54, 1.807) is 27.7 Å². The number of carbonyl (C=O) groups is 5. The number of imide groups is 2. The molecule has 10 heteroatoms. The Balaban J connectivity index is 1.47. The number of hydrogen-bond acceptors (Lipinski definition) is 6. The quantitative estimate of drug-likeness (QED) is 0.489. The molecule has 0 spiro atoms. The summed E-state index contributed by atoms with van der Waals surface area (Å²) >= 11 is 0. The fourth-order valence-corrected chi connectivity index (χ4v) is 6.63. The second-order valence-electron chi connectivity index (χ2n) is 11.8. The first kappa shape index (κ1) is 25.8. The Bertz CT molecular complexity index is 1620. The lowest BCUT2D eigenvalue weighted by Gasteiger charge is -2.52. The molecule has 3 heterocycles. The fourth-order valence-electron chi connectivity index (χ4n) is 6.63. The molecule has 40 heavy (non-hydrogen) atoms. The Labute approximate surface area is 229 Å². The monoisotopic (exact) mass is 540 g/mol. The molecule has 1 N–H and O–H groups in total. The average molecular weight is 541 g/mol. The van der Waals surface area contributed by atoms with Gasteiger partial charge >= 0.3 is 5.97 Å². The van der Waals surface area contributed by atoms with E-state index in [9.17, 15) is 34.3 Å². The second kappa shape index (κ2) is 8.30. The van der Waals surface area contributed by atoms with Crippen LogP contribution in [0.15, 0.2) is 48.5 Å². The highest BCUT2D eigenvalue weighted by Gasteiger charge is 2.51. The van der Waals surface area contributed by atoms with Crippen LogP contribution < -0.4 is 4.90 Å². The minimum Gasteiger partial charge on any atom is -0.478 e. The fraction of sp³-hybridized carbons (Fsp3) is 0.300. The van der Waals surface area contributed by atoms with E-state index in [2.05, 4.69) is 0 Å². The number of benzene rings is 3. The van der Waals surface area contributed by atoms with Gasteiger partial charge in [0, 0.05) is 50.1 Å². The van der Waals surface area contributed by atoms with Crippen molar-refractivity contribution < 1.29 is 34.3 Å². The van der Waals surface area contributed by atoms with Gasteiger partial charge in [0.1, 0.15) is 0 Å². The summed E-state index contributed by atoms with van der Waals surface area (Å²) in [5.74, 6) is -3.64. The Hall–Kier alpha value is -4.41. The van der Waals surface area contributed by atoms with Crippen LogP contribution in [0, 0.1) is 0 Å². The van der Waals surface area contributed by atoms with Crippen LogP contribution in [0.2, 0.25) is 0 Å². The number of hydrogen-bond donors (Lipinski definition) is 1. The van der Waals surface area contributed by atoms with E-state index in [0.717, 1.165) is 9.96 Å². The summed E-state index contributed by atoms with van der Waals surface area (Å²) in [6, 6.07) is 10.9. The van der Waals surface area contributed by atoms with Crippen LogP contribution in [-0.4, -0.2) is 61.8 Å². The highest BCUT2D eigenvalue weighted by atomic mass is 16.5. The van der Waals surface area contributed by atoms with Crippen LogP contribution in [-0.2, 0) is 5.21 Å². The lowest BCUT2D eigenvalue weighted by molar-refractivity contribution is -0.292. The third-order valence-corrected chi connectivity index (χ3v) is 8.21. The van der Waals surface area contributed by atoms with Crippen LogP contribution in [0.3, 0.4) is 0 Å². The van der Waals surface area contributed by atoms with Crippen molar-refractivity contribution in [1.82, 2.24) is 9.96 Å². The zero-order valence-electron chi connectivity index (χ0n) is 22.3. The van der Waals surface area contributed by atoms with Crippen molar-refractivity contribution in [3.05, 3.63) is 76.3 Å². The van der Waals surface area contributed by atoms with Gasteiger partial charge in [0.2, 0.25) is 0 Å². The maximum Gasteiger partial charge on any atom is 0.335 e. The summed E-state index contributed by atoms with van der Waals surface area (Å²) in [5, 5.41) is 23.8. The van der Waals surface area contributed by atoms with Gasteiger partial charge in [0.05, 0.1) is 11.3 Å². The van der Waals surface area contributed by atoms with Gasteiger partial charge in [0.25, 0.3) is 23.6 Å². The number of carboxylic acid groups (broad SMARTS) is 1. The van der Waals surface area contributed by atoms with Crippen molar-refractivity contribution in [1.29, 1.82) is 0 Å². The molecule has 3 aliphatic rings. The van der Waals surface area contributed by atoms with Gasteiger partial charge in [-0.25, -0.2) is 9.69 Å². The van der Waals surface area contributed by atoms with Crippen molar-refractivity contribution in [3.8, 4) is 0 Å². The molecule has 3 aromatic rings. The van der Waals surface area contributed by atoms with Crippen molar-refractivity contribution in [3.63, 3.8) is 0 Å². The molecule has 1 fully saturated rings. The van der Waals surface area contributed by atoms with Gasteiger partial charge < -0.3 is 5.11 Å². The van der Waals surface area contributed by atoms with Crippen LogP contribution in [0.5, 0.6) is 0 Å². The number of carboxylic acids is 1. The largest absolute Gasteiger partial charge is 0.478 e. The van der Waals surface area contributed by atoms with Crippen LogP contribution in [0.4, 0.5) is 5.69 Å². The van der Waals surface area contributed by atoms with E-state index in [1.165, 1.54) is 53.4 Å². The molecule has 10 nitrogen and oxygen atoms in total. The highest BCUT2D eigenvalue weighted by Crippen LogP contribution is 2.43. The van der Waals surface area contributed by atoms with E-state index in [0.29, 0.717) is 12.8 Å². The molecular weight excluding hydrogens is 514 g/mol. The van der Waals surface area contributed by atoms with Gasteiger partial charge in [-0.3, -0.25) is 24.1 Å². The lowest BCUT2D eigenvalue weighted by Crippen LogP contribution is -2.64. The summed E-state index contributed by atoms with van der Waals surface area (Å²) in [6.07, 6.45) is 0.598. The molecule has 4 amide bonds. The molecule has 203 valence electrons. The number of aromatic carboxylic acids is 1. The first-order chi connectivity index (χ1) is 18.7. The summed E-state index contributed by atoms with van der Waals surface area (Å²) in [5.41, 5.74) is -0.926. The number of amides is 4. The molecule has 1 radical (unpaired) electrons. The predicted molar refractivity (Wildman–Crippen MR) is 143 cm³/mol. The smallest absolute Gasteiger partial charge is 0.335 e. The van der Waals surface area contributed by atoms with Crippen molar-refractivity contribution in [2.45, 2.75) is 57.7 Å². The summed E-state index contributed by atoms with van der Waals surface area (Å²) in [6.45, 7) is 7.17. The molecule has 0 bridgehead atoms. The number of anilines is 1. The molecule has 3 aliphatic heterocycles. The van der Waals surface area contributed by atoms with E-state index in [1.807, 2.05) is 0 Å². The molecule has 0 aromatic heterocycles. The maximum atomic E-state index is 13.9. The topological polar surface area (TPSA) is 135 Å².